The summed E-state index contributed by atoms with van der Waals surface area (Å²) >= 11 is 3.43. The van der Waals surface area contributed by atoms with Crippen molar-refractivity contribution in [1.29, 1.82) is 0 Å². The van der Waals surface area contributed by atoms with E-state index < -0.39 is 5.97 Å². The van der Waals surface area contributed by atoms with Gasteiger partial charge in [0.1, 0.15) is 5.82 Å². The molecule has 4 nitrogen and oxygen atoms in total. The highest BCUT2D eigenvalue weighted by Crippen LogP contribution is 2.56. The molecule has 2 N–H and O–H groups in total. The number of carbonyl (C=O) groups is 1. The molecule has 0 spiro atoms. The van der Waals surface area contributed by atoms with E-state index in [2.05, 4.69) is 25.9 Å². The minimum absolute atomic E-state index is 0.0421. The fourth-order valence-corrected chi connectivity index (χ4v) is 4.59. The molecule has 2 aliphatic rings. The molecule has 4 atom stereocenters. The number of aromatic amines is 1. The quantitative estimate of drug-likeness (QED) is 0.867. The first-order chi connectivity index (χ1) is 10.6. The highest BCUT2D eigenvalue weighted by atomic mass is 79.9. The number of aliphatic carboxylic acids is 1. The maximum atomic E-state index is 11.6. The molecule has 2 bridgehead atoms. The van der Waals surface area contributed by atoms with Crippen LogP contribution >= 0.6 is 15.9 Å². The van der Waals surface area contributed by atoms with E-state index in [1.165, 1.54) is 0 Å². The van der Waals surface area contributed by atoms with Gasteiger partial charge in [0.25, 0.3) is 0 Å². The van der Waals surface area contributed by atoms with Gasteiger partial charge < -0.3 is 10.1 Å². The summed E-state index contributed by atoms with van der Waals surface area (Å²) in [5, 5.41) is 9.57. The largest absolute Gasteiger partial charge is 0.481 e. The Morgan fingerprint density at radius 2 is 1.95 bits per heavy atom. The monoisotopic (exact) mass is 360 g/mol. The predicted octanol–water partition coefficient (Wildman–Crippen LogP) is 4.05. The Bertz CT molecular complexity index is 710. The molecule has 0 amide bonds. The van der Waals surface area contributed by atoms with Crippen LogP contribution in [0.4, 0.5) is 0 Å². The Hall–Kier alpha value is -1.62. The van der Waals surface area contributed by atoms with Crippen LogP contribution in [0.15, 0.2) is 34.9 Å². The van der Waals surface area contributed by atoms with Gasteiger partial charge in [-0.3, -0.25) is 4.79 Å². The Morgan fingerprint density at radius 1 is 1.23 bits per heavy atom. The number of nitrogens with one attached hydrogen (secondary N) is 1. The number of carboxylic acid groups (broad SMARTS) is 1. The van der Waals surface area contributed by atoms with E-state index in [9.17, 15) is 9.90 Å². The standard InChI is InChI=1S/C17H17BrN2O2/c18-12-5-3-9(4-6-12)13-8-19-16(20-13)14-10-1-2-11(7-10)15(14)17(21)22/h3-6,8,10-11,14-15H,1-2,7H2,(H,19,20)(H,21,22)/t10?,11?,14-,15-/m0/s1. The van der Waals surface area contributed by atoms with Crippen LogP contribution in [-0.2, 0) is 4.79 Å². The number of hydrogen-bond acceptors (Lipinski definition) is 2. The van der Waals surface area contributed by atoms with Crippen LogP contribution in [0.25, 0.3) is 11.3 Å². The van der Waals surface area contributed by atoms with E-state index in [0.717, 1.165) is 40.8 Å². The Kier molecular flexibility index (Phi) is 3.33. The molecule has 1 heterocycles. The van der Waals surface area contributed by atoms with E-state index >= 15 is 0 Å². The molecule has 2 fully saturated rings. The Balaban J connectivity index is 1.66. The van der Waals surface area contributed by atoms with E-state index in [1.54, 1.807) is 0 Å². The van der Waals surface area contributed by atoms with Crippen molar-refractivity contribution < 1.29 is 9.90 Å². The maximum Gasteiger partial charge on any atom is 0.307 e. The molecule has 114 valence electrons. The first-order valence-electron chi connectivity index (χ1n) is 7.67. The Morgan fingerprint density at radius 3 is 2.68 bits per heavy atom. The smallest absolute Gasteiger partial charge is 0.307 e. The van der Waals surface area contributed by atoms with Crippen LogP contribution < -0.4 is 0 Å². The van der Waals surface area contributed by atoms with Crippen molar-refractivity contribution in [2.45, 2.75) is 25.2 Å². The average molecular weight is 361 g/mol. The number of halogens is 1. The molecule has 0 radical (unpaired) electrons. The topological polar surface area (TPSA) is 66.0 Å². The highest BCUT2D eigenvalue weighted by molar-refractivity contribution is 9.10. The summed E-state index contributed by atoms with van der Waals surface area (Å²) in [6.07, 6.45) is 5.05. The summed E-state index contributed by atoms with van der Waals surface area (Å²) in [6.45, 7) is 0. The number of nitrogens with zero attached hydrogens (tertiary/aromatic N) is 1. The van der Waals surface area contributed by atoms with Crippen molar-refractivity contribution in [3.05, 3.63) is 40.8 Å². The Labute approximate surface area is 137 Å². The zero-order valence-corrected chi connectivity index (χ0v) is 13.6. The van der Waals surface area contributed by atoms with Gasteiger partial charge in [0, 0.05) is 10.4 Å². The van der Waals surface area contributed by atoms with Gasteiger partial charge in [0.05, 0.1) is 17.8 Å². The second-order valence-corrected chi connectivity index (χ2v) is 7.33. The van der Waals surface area contributed by atoms with Gasteiger partial charge in [-0.1, -0.05) is 28.1 Å². The zero-order valence-electron chi connectivity index (χ0n) is 12.0. The first-order valence-corrected chi connectivity index (χ1v) is 8.46. The van der Waals surface area contributed by atoms with Gasteiger partial charge in [0.2, 0.25) is 0 Å². The lowest BCUT2D eigenvalue weighted by Crippen LogP contribution is -2.28. The number of rotatable bonds is 3. The second-order valence-electron chi connectivity index (χ2n) is 6.41. The number of carboxylic acids is 1. The fraction of sp³-hybridized carbons (Fsp3) is 0.412. The molecular formula is C17H17BrN2O2. The van der Waals surface area contributed by atoms with E-state index in [0.29, 0.717) is 11.8 Å². The van der Waals surface area contributed by atoms with Gasteiger partial charge in [-0.2, -0.15) is 0 Å². The van der Waals surface area contributed by atoms with Gasteiger partial charge in [-0.15, -0.1) is 0 Å². The summed E-state index contributed by atoms with van der Waals surface area (Å²) in [6, 6.07) is 8.04. The zero-order chi connectivity index (χ0) is 15.3. The number of imidazole rings is 1. The molecule has 2 aromatic rings. The van der Waals surface area contributed by atoms with Crippen molar-refractivity contribution >= 4 is 21.9 Å². The van der Waals surface area contributed by atoms with E-state index in [1.807, 2.05) is 30.5 Å². The molecule has 2 unspecified atom stereocenters. The van der Waals surface area contributed by atoms with Crippen LogP contribution in [0.5, 0.6) is 0 Å². The number of benzene rings is 1. The molecule has 4 rings (SSSR count). The molecule has 2 saturated carbocycles. The van der Waals surface area contributed by atoms with Gasteiger partial charge in [-0.25, -0.2) is 4.98 Å². The molecular weight excluding hydrogens is 344 g/mol. The lowest BCUT2D eigenvalue weighted by molar-refractivity contribution is -0.144. The molecule has 0 aliphatic heterocycles. The minimum atomic E-state index is -0.668. The molecule has 0 saturated heterocycles. The normalized spacial score (nSPS) is 29.9. The number of hydrogen-bond donors (Lipinski definition) is 2. The van der Waals surface area contributed by atoms with E-state index in [-0.39, 0.29) is 11.8 Å². The van der Waals surface area contributed by atoms with Crippen molar-refractivity contribution in [3.63, 3.8) is 0 Å². The van der Waals surface area contributed by atoms with Crippen molar-refractivity contribution in [1.82, 2.24) is 9.97 Å². The third-order valence-corrected chi connectivity index (χ3v) is 5.80. The minimum Gasteiger partial charge on any atom is -0.481 e. The van der Waals surface area contributed by atoms with Crippen molar-refractivity contribution in [2.75, 3.05) is 0 Å². The van der Waals surface area contributed by atoms with Gasteiger partial charge in [-0.05, 0) is 48.8 Å². The third kappa shape index (κ3) is 2.19. The SMILES string of the molecule is O=C(O)[C@H]1C2CCC(C2)[C@@H]1c1ncc(-c2ccc(Br)cc2)[nH]1. The fourth-order valence-electron chi connectivity index (χ4n) is 4.32. The second kappa shape index (κ2) is 5.23. The molecule has 5 heteroatoms. The third-order valence-electron chi connectivity index (χ3n) is 5.27. The lowest BCUT2D eigenvalue weighted by atomic mass is 9.79. The lowest BCUT2D eigenvalue weighted by Gasteiger charge is -2.26. The first kappa shape index (κ1) is 14.0. The average Bonchev–Trinajstić information content (AvgIpc) is 3.22. The summed E-state index contributed by atoms with van der Waals surface area (Å²) in [5.74, 6) is 0.739. The summed E-state index contributed by atoms with van der Waals surface area (Å²) in [4.78, 5) is 19.5. The van der Waals surface area contributed by atoms with E-state index in [4.69, 9.17) is 0 Å². The molecule has 22 heavy (non-hydrogen) atoms. The summed E-state index contributed by atoms with van der Waals surface area (Å²) < 4.78 is 1.04. The number of fused-ring (bicyclic) bond motifs is 2. The molecule has 1 aromatic carbocycles. The predicted molar refractivity (Wildman–Crippen MR) is 86.4 cm³/mol. The van der Waals surface area contributed by atoms with Crippen LogP contribution in [0.2, 0.25) is 0 Å². The maximum absolute atomic E-state index is 11.6. The summed E-state index contributed by atoms with van der Waals surface area (Å²) in [5.41, 5.74) is 2.02. The highest BCUT2D eigenvalue weighted by Gasteiger charge is 2.52. The van der Waals surface area contributed by atoms with Crippen LogP contribution in [0.1, 0.15) is 31.0 Å². The number of aromatic nitrogens is 2. The summed E-state index contributed by atoms with van der Waals surface area (Å²) in [7, 11) is 0. The van der Waals surface area contributed by atoms with Crippen LogP contribution in [-0.4, -0.2) is 21.0 Å². The van der Waals surface area contributed by atoms with Gasteiger partial charge >= 0.3 is 5.97 Å². The van der Waals surface area contributed by atoms with Crippen LogP contribution in [0.3, 0.4) is 0 Å². The molecule has 1 aromatic heterocycles. The van der Waals surface area contributed by atoms with Gasteiger partial charge in [0.15, 0.2) is 0 Å². The van der Waals surface area contributed by atoms with Crippen LogP contribution in [0, 0.1) is 17.8 Å². The molecule has 2 aliphatic carbocycles. The van der Waals surface area contributed by atoms with Crippen molar-refractivity contribution in [3.8, 4) is 11.3 Å². The number of H-pyrrole nitrogens is 1. The van der Waals surface area contributed by atoms with Crippen molar-refractivity contribution in [2.24, 2.45) is 17.8 Å².